The van der Waals surface area contributed by atoms with E-state index in [1.165, 1.54) is 4.91 Å². The lowest BCUT2D eigenvalue weighted by Gasteiger charge is -1.98. The van der Waals surface area contributed by atoms with Crippen LogP contribution in [0.5, 0.6) is 0 Å². The number of azide groups is 1. The van der Waals surface area contributed by atoms with E-state index < -0.39 is 15.5 Å². The first-order valence-electron chi connectivity index (χ1n) is 1.69. The molecule has 10 heavy (non-hydrogen) atoms. The minimum Gasteiger partial charge on any atom is -0.212 e. The lowest BCUT2D eigenvalue weighted by molar-refractivity contribution is -0.0435. The molecule has 0 aromatic heterocycles. The van der Waals surface area contributed by atoms with Crippen molar-refractivity contribution in [3.8, 4) is 0 Å². The van der Waals surface area contributed by atoms with Crippen LogP contribution in [0.15, 0.2) is 4.52 Å². The second kappa shape index (κ2) is 2.35. The maximum atomic E-state index is 11.2. The summed E-state index contributed by atoms with van der Waals surface area (Å²) in [4.78, 5) is 1.49. The highest BCUT2D eigenvalue weighted by molar-refractivity contribution is 7.90. The van der Waals surface area contributed by atoms with Gasteiger partial charge in [-0.2, -0.15) is 13.2 Å². The standard InChI is InChI=1S/CF3N3O2S/c2-1(3,4)10(8,9)7-6-5. The van der Waals surface area contributed by atoms with Crippen molar-refractivity contribution in [1.29, 1.82) is 0 Å². The van der Waals surface area contributed by atoms with E-state index in [4.69, 9.17) is 5.53 Å². The molecule has 0 radical (unpaired) electrons. The Bertz CT molecular complexity index is 258. The number of sulfonamides is 1. The van der Waals surface area contributed by atoms with Crippen LogP contribution in [0.1, 0.15) is 0 Å². The molecule has 0 N–H and O–H groups in total. The van der Waals surface area contributed by atoms with Crippen molar-refractivity contribution >= 4 is 10.0 Å². The summed E-state index contributed by atoms with van der Waals surface area (Å²) in [5.74, 6) is 0. The topological polar surface area (TPSA) is 82.9 Å². The molecule has 0 saturated heterocycles. The van der Waals surface area contributed by atoms with Gasteiger partial charge in [0.1, 0.15) is 0 Å². The number of hydrogen-bond donors (Lipinski definition) is 0. The van der Waals surface area contributed by atoms with E-state index in [2.05, 4.69) is 0 Å². The van der Waals surface area contributed by atoms with Crippen LogP contribution >= 0.6 is 0 Å². The summed E-state index contributed by atoms with van der Waals surface area (Å²) in [6.45, 7) is 0. The third-order valence-electron chi connectivity index (χ3n) is 0.436. The normalized spacial score (nSPS) is 12.3. The first kappa shape index (κ1) is 9.05. The van der Waals surface area contributed by atoms with Gasteiger partial charge in [0, 0.05) is 9.43 Å². The first-order valence-corrected chi connectivity index (χ1v) is 3.13. The van der Waals surface area contributed by atoms with Gasteiger partial charge in [0.15, 0.2) is 0 Å². The van der Waals surface area contributed by atoms with Gasteiger partial charge in [0.05, 0.1) is 0 Å². The Morgan fingerprint density at radius 3 is 1.90 bits per heavy atom. The second-order valence-electron chi connectivity index (χ2n) is 1.09. The summed E-state index contributed by atoms with van der Waals surface area (Å²) < 4.78 is 54.5. The molecule has 0 unspecified atom stereocenters. The van der Waals surface area contributed by atoms with Gasteiger partial charge in [-0.05, 0) is 5.53 Å². The molecule has 0 aromatic rings. The van der Waals surface area contributed by atoms with Gasteiger partial charge < -0.3 is 0 Å². The average molecular weight is 175 g/mol. The molecular weight excluding hydrogens is 175 g/mol. The fourth-order valence-corrected chi connectivity index (χ4v) is 0.283. The van der Waals surface area contributed by atoms with E-state index in [-0.39, 0.29) is 0 Å². The van der Waals surface area contributed by atoms with Crippen molar-refractivity contribution in [2.75, 3.05) is 0 Å². The van der Waals surface area contributed by atoms with Gasteiger partial charge in [-0.3, -0.25) is 0 Å². The molecule has 0 aliphatic rings. The maximum absolute atomic E-state index is 11.2. The lowest BCUT2D eigenvalue weighted by Crippen LogP contribution is -2.19. The summed E-state index contributed by atoms with van der Waals surface area (Å²) >= 11 is 0. The summed E-state index contributed by atoms with van der Waals surface area (Å²) in [5.41, 5.74) is 1.84. The molecule has 0 rings (SSSR count). The van der Waals surface area contributed by atoms with Crippen molar-refractivity contribution in [1.82, 2.24) is 0 Å². The SMILES string of the molecule is [N-]=[N+]=NS(=O)(=O)C(F)(F)F. The number of hydrogen-bond acceptors (Lipinski definition) is 2. The van der Waals surface area contributed by atoms with E-state index in [9.17, 15) is 21.6 Å². The largest absolute Gasteiger partial charge is 0.504 e. The summed E-state index contributed by atoms with van der Waals surface area (Å²) in [6, 6.07) is 0. The third kappa shape index (κ3) is 1.78. The zero-order valence-electron chi connectivity index (χ0n) is 4.20. The van der Waals surface area contributed by atoms with Gasteiger partial charge >= 0.3 is 15.5 Å². The molecule has 0 fully saturated rings. The molecule has 0 aliphatic heterocycles. The average Bonchev–Trinajstić information content (AvgIpc) is 1.61. The van der Waals surface area contributed by atoms with Crippen molar-refractivity contribution < 1.29 is 21.6 Å². The minimum absolute atomic E-state index is 1.49. The molecule has 0 aromatic carbocycles. The van der Waals surface area contributed by atoms with Crippen molar-refractivity contribution in [2.24, 2.45) is 4.52 Å². The molecular formula is CF3N3O2S. The van der Waals surface area contributed by atoms with Crippen LogP contribution in [-0.2, 0) is 10.0 Å². The summed E-state index contributed by atoms with van der Waals surface area (Å²) in [5, 5.41) is 0. The van der Waals surface area contributed by atoms with Gasteiger partial charge in [-0.15, -0.1) is 0 Å². The zero-order chi connectivity index (χ0) is 8.41. The van der Waals surface area contributed by atoms with E-state index in [0.29, 0.717) is 0 Å². The molecule has 0 bridgehead atoms. The molecule has 0 saturated carbocycles. The third-order valence-corrected chi connectivity index (χ3v) is 1.31. The Balaban J connectivity index is 4.97. The smallest absolute Gasteiger partial charge is 0.212 e. The van der Waals surface area contributed by atoms with E-state index in [1.807, 2.05) is 0 Å². The van der Waals surface area contributed by atoms with Gasteiger partial charge in [0.2, 0.25) is 0 Å². The Morgan fingerprint density at radius 1 is 1.40 bits per heavy atom. The molecule has 58 valence electrons. The zero-order valence-corrected chi connectivity index (χ0v) is 5.02. The van der Waals surface area contributed by atoms with Crippen LogP contribution in [0.25, 0.3) is 10.4 Å². The van der Waals surface area contributed by atoms with Gasteiger partial charge in [0.25, 0.3) is 0 Å². The van der Waals surface area contributed by atoms with Crippen molar-refractivity contribution in [3.63, 3.8) is 0 Å². The Labute approximate surface area is 53.1 Å². The van der Waals surface area contributed by atoms with Crippen LogP contribution in [0, 0.1) is 0 Å². The van der Waals surface area contributed by atoms with Crippen LogP contribution in [0.3, 0.4) is 0 Å². The molecule has 0 amide bonds. The van der Waals surface area contributed by atoms with E-state index in [0.717, 1.165) is 0 Å². The predicted molar refractivity (Wildman–Crippen MR) is 24.1 cm³/mol. The molecule has 9 heteroatoms. The number of nitrogens with zero attached hydrogens (tertiary/aromatic N) is 3. The maximum Gasteiger partial charge on any atom is 0.504 e. The monoisotopic (exact) mass is 175 g/mol. The Morgan fingerprint density at radius 2 is 1.80 bits per heavy atom. The summed E-state index contributed by atoms with van der Waals surface area (Å²) in [7, 11) is -5.64. The molecule has 0 spiro atoms. The van der Waals surface area contributed by atoms with Crippen LogP contribution in [-0.4, -0.2) is 13.9 Å². The van der Waals surface area contributed by atoms with E-state index >= 15 is 0 Å². The Hall–Kier alpha value is -0.950. The first-order chi connectivity index (χ1) is 4.31. The van der Waals surface area contributed by atoms with Gasteiger partial charge in [-0.25, -0.2) is 8.42 Å². The minimum atomic E-state index is -5.64. The van der Waals surface area contributed by atoms with Crippen molar-refractivity contribution in [2.45, 2.75) is 5.51 Å². The Kier molecular flexibility index (Phi) is 2.13. The molecule has 5 nitrogen and oxygen atoms in total. The highest BCUT2D eigenvalue weighted by Crippen LogP contribution is 2.24. The number of rotatable bonds is 1. The quantitative estimate of drug-likeness (QED) is 0.340. The highest BCUT2D eigenvalue weighted by Gasteiger charge is 2.45. The fraction of sp³-hybridized carbons (Fsp3) is 1.00. The van der Waals surface area contributed by atoms with Crippen LogP contribution < -0.4 is 0 Å². The number of alkyl halides is 3. The fourth-order valence-electron chi connectivity index (χ4n) is 0.0944. The van der Waals surface area contributed by atoms with Crippen LogP contribution in [0.4, 0.5) is 13.2 Å². The molecule has 0 atom stereocenters. The second-order valence-corrected chi connectivity index (χ2v) is 2.67. The van der Waals surface area contributed by atoms with Crippen LogP contribution in [0.2, 0.25) is 0 Å². The lowest BCUT2D eigenvalue weighted by atomic mass is 11.6. The molecule has 0 heterocycles. The number of halogens is 3. The highest BCUT2D eigenvalue weighted by atomic mass is 32.2. The van der Waals surface area contributed by atoms with Crippen molar-refractivity contribution in [3.05, 3.63) is 10.4 Å². The van der Waals surface area contributed by atoms with E-state index in [1.54, 1.807) is 4.52 Å². The molecule has 0 aliphatic carbocycles. The summed E-state index contributed by atoms with van der Waals surface area (Å²) in [6.07, 6.45) is 0. The van der Waals surface area contributed by atoms with Gasteiger partial charge in [-0.1, -0.05) is 0 Å². The predicted octanol–water partition coefficient (Wildman–Crippen LogP) is 1.15.